The molecule has 3 nitrogen and oxygen atoms in total. The van der Waals surface area contributed by atoms with Crippen molar-refractivity contribution in [3.63, 3.8) is 0 Å². The molecule has 1 amide bonds. The molecule has 4 heteroatoms. The molecule has 2 aromatic rings. The minimum atomic E-state index is -0.115. The molecule has 2 rings (SSSR count). The zero-order valence-corrected chi connectivity index (χ0v) is 13.9. The molecule has 0 aliphatic carbocycles. The van der Waals surface area contributed by atoms with Crippen molar-refractivity contribution in [2.75, 3.05) is 5.32 Å². The van der Waals surface area contributed by atoms with Crippen LogP contribution in [0.3, 0.4) is 0 Å². The van der Waals surface area contributed by atoms with Crippen molar-refractivity contribution in [1.29, 1.82) is 0 Å². The van der Waals surface area contributed by atoms with Gasteiger partial charge in [-0.1, -0.05) is 30.3 Å². The van der Waals surface area contributed by atoms with E-state index in [1.54, 1.807) is 0 Å². The fourth-order valence-electron chi connectivity index (χ4n) is 2.36. The molecule has 0 spiro atoms. The summed E-state index contributed by atoms with van der Waals surface area (Å²) in [7, 11) is 0. The molecule has 0 aliphatic rings. The molecule has 0 heterocycles. The minimum Gasteiger partial charge on any atom is -0.332 e. The molecule has 0 atom stereocenters. The fraction of sp³-hybridized carbons (Fsp3) is 0.222. The van der Waals surface area contributed by atoms with Crippen LogP contribution < -0.4 is 10.6 Å². The quantitative estimate of drug-likeness (QED) is 0.850. The predicted octanol–water partition coefficient (Wildman–Crippen LogP) is 3.67. The summed E-state index contributed by atoms with van der Waals surface area (Å²) < 4.78 is 0. The Morgan fingerprint density at radius 1 is 1.05 bits per heavy atom. The number of carbonyl (C=O) groups excluding carboxylic acids is 1. The van der Waals surface area contributed by atoms with Crippen LogP contribution in [-0.2, 0) is 11.2 Å². The van der Waals surface area contributed by atoms with Gasteiger partial charge < -0.3 is 10.6 Å². The van der Waals surface area contributed by atoms with Crippen LogP contribution in [0.5, 0.6) is 0 Å². The Labute approximate surface area is 136 Å². The van der Waals surface area contributed by atoms with Gasteiger partial charge in [0.05, 0.1) is 6.42 Å². The Morgan fingerprint density at radius 3 is 2.32 bits per heavy atom. The predicted molar refractivity (Wildman–Crippen MR) is 95.2 cm³/mol. The third-order valence-corrected chi connectivity index (χ3v) is 3.55. The van der Waals surface area contributed by atoms with Gasteiger partial charge in [0.2, 0.25) is 5.91 Å². The summed E-state index contributed by atoms with van der Waals surface area (Å²) in [5.74, 6) is -0.115. The Morgan fingerprint density at radius 2 is 1.68 bits per heavy atom. The maximum absolute atomic E-state index is 12.1. The Bertz CT molecular complexity index is 690. The molecule has 2 N–H and O–H groups in total. The monoisotopic (exact) mass is 312 g/mol. The molecule has 0 aliphatic heterocycles. The molecular weight excluding hydrogens is 292 g/mol. The second-order valence-electron chi connectivity index (χ2n) is 5.48. The van der Waals surface area contributed by atoms with E-state index in [0.29, 0.717) is 11.5 Å². The summed E-state index contributed by atoms with van der Waals surface area (Å²) in [4.78, 5) is 12.1. The van der Waals surface area contributed by atoms with E-state index < -0.39 is 0 Å². The average Bonchev–Trinajstić information content (AvgIpc) is 2.39. The van der Waals surface area contributed by atoms with Crippen molar-refractivity contribution in [3.8, 4) is 0 Å². The molecule has 0 saturated carbocycles. The second-order valence-corrected chi connectivity index (χ2v) is 5.89. The van der Waals surface area contributed by atoms with Crippen molar-refractivity contribution in [2.45, 2.75) is 27.2 Å². The number of thiocarbonyl (C=S) groups is 1. The van der Waals surface area contributed by atoms with Crippen LogP contribution in [0.4, 0.5) is 5.69 Å². The summed E-state index contributed by atoms with van der Waals surface area (Å²) in [6, 6.07) is 13.9. The molecule has 22 heavy (non-hydrogen) atoms. The molecule has 114 valence electrons. The van der Waals surface area contributed by atoms with Crippen molar-refractivity contribution in [1.82, 2.24) is 5.32 Å². The first-order chi connectivity index (χ1) is 10.4. The SMILES string of the molecule is Cc1cc(C)cc(NC(=S)NC(=O)Cc2ccccc2C)c1. The highest BCUT2D eigenvalue weighted by atomic mass is 32.1. The van der Waals surface area contributed by atoms with Gasteiger partial charge in [-0.3, -0.25) is 4.79 Å². The summed E-state index contributed by atoms with van der Waals surface area (Å²) in [5.41, 5.74) is 5.30. The lowest BCUT2D eigenvalue weighted by atomic mass is 10.1. The van der Waals surface area contributed by atoms with E-state index in [0.717, 1.165) is 27.9 Å². The third-order valence-electron chi connectivity index (χ3n) is 3.34. The van der Waals surface area contributed by atoms with Crippen molar-refractivity contribution in [2.24, 2.45) is 0 Å². The minimum absolute atomic E-state index is 0.115. The summed E-state index contributed by atoms with van der Waals surface area (Å²) in [6.45, 7) is 6.05. The van der Waals surface area contributed by atoms with Gasteiger partial charge in [0.1, 0.15) is 0 Å². The average molecular weight is 312 g/mol. The molecule has 0 unspecified atom stereocenters. The Balaban J connectivity index is 1.94. The summed E-state index contributed by atoms with van der Waals surface area (Å²) in [6.07, 6.45) is 0.321. The largest absolute Gasteiger partial charge is 0.332 e. The van der Waals surface area contributed by atoms with E-state index in [1.165, 1.54) is 0 Å². The lowest BCUT2D eigenvalue weighted by Crippen LogP contribution is -2.35. The van der Waals surface area contributed by atoms with E-state index in [1.807, 2.05) is 57.2 Å². The number of benzene rings is 2. The number of nitrogens with one attached hydrogen (secondary N) is 2. The van der Waals surface area contributed by atoms with Gasteiger partial charge in [0.15, 0.2) is 5.11 Å². The van der Waals surface area contributed by atoms with Gasteiger partial charge in [-0.2, -0.15) is 0 Å². The first-order valence-corrected chi connectivity index (χ1v) is 7.58. The van der Waals surface area contributed by atoms with E-state index in [9.17, 15) is 4.79 Å². The molecule has 0 fully saturated rings. The van der Waals surface area contributed by atoms with E-state index in [2.05, 4.69) is 16.7 Å². The zero-order chi connectivity index (χ0) is 16.1. The van der Waals surface area contributed by atoms with Crippen LogP contribution in [0.15, 0.2) is 42.5 Å². The Kier molecular flexibility index (Phi) is 5.28. The molecule has 0 saturated heterocycles. The first-order valence-electron chi connectivity index (χ1n) is 7.17. The van der Waals surface area contributed by atoms with E-state index in [4.69, 9.17) is 12.2 Å². The summed E-state index contributed by atoms with van der Waals surface area (Å²) in [5, 5.41) is 6.10. The number of hydrogen-bond acceptors (Lipinski definition) is 2. The number of anilines is 1. The third kappa shape index (κ3) is 4.67. The van der Waals surface area contributed by atoms with E-state index in [-0.39, 0.29) is 5.91 Å². The lowest BCUT2D eigenvalue weighted by molar-refractivity contribution is -0.119. The highest BCUT2D eigenvalue weighted by Crippen LogP contribution is 2.13. The summed E-state index contributed by atoms with van der Waals surface area (Å²) >= 11 is 5.20. The Hall–Kier alpha value is -2.20. The fourth-order valence-corrected chi connectivity index (χ4v) is 2.59. The molecule has 0 aromatic heterocycles. The second kappa shape index (κ2) is 7.18. The molecule has 2 aromatic carbocycles. The van der Waals surface area contributed by atoms with Crippen molar-refractivity contribution < 1.29 is 4.79 Å². The zero-order valence-electron chi connectivity index (χ0n) is 13.1. The van der Waals surface area contributed by atoms with E-state index >= 15 is 0 Å². The number of hydrogen-bond donors (Lipinski definition) is 2. The number of rotatable bonds is 3. The van der Waals surface area contributed by atoms with Gasteiger partial charge in [0.25, 0.3) is 0 Å². The van der Waals surface area contributed by atoms with Gasteiger partial charge in [-0.15, -0.1) is 0 Å². The molecule has 0 radical (unpaired) electrons. The first kappa shape index (κ1) is 16.2. The smallest absolute Gasteiger partial charge is 0.230 e. The van der Waals surface area contributed by atoms with Crippen LogP contribution in [0.1, 0.15) is 22.3 Å². The lowest BCUT2D eigenvalue weighted by Gasteiger charge is -2.11. The van der Waals surface area contributed by atoms with Crippen LogP contribution in [0, 0.1) is 20.8 Å². The topological polar surface area (TPSA) is 41.1 Å². The maximum atomic E-state index is 12.1. The van der Waals surface area contributed by atoms with Crippen molar-refractivity contribution in [3.05, 3.63) is 64.7 Å². The number of aryl methyl sites for hydroxylation is 3. The highest BCUT2D eigenvalue weighted by Gasteiger charge is 2.08. The van der Waals surface area contributed by atoms with Crippen LogP contribution >= 0.6 is 12.2 Å². The molecular formula is C18H20N2OS. The molecule has 0 bridgehead atoms. The van der Waals surface area contributed by atoms with Gasteiger partial charge >= 0.3 is 0 Å². The highest BCUT2D eigenvalue weighted by molar-refractivity contribution is 7.80. The van der Waals surface area contributed by atoms with Crippen LogP contribution in [0.25, 0.3) is 0 Å². The van der Waals surface area contributed by atoms with Gasteiger partial charge in [-0.05, 0) is 67.4 Å². The van der Waals surface area contributed by atoms with Crippen molar-refractivity contribution >= 4 is 28.9 Å². The van der Waals surface area contributed by atoms with Crippen LogP contribution in [-0.4, -0.2) is 11.0 Å². The van der Waals surface area contributed by atoms with Gasteiger partial charge in [0, 0.05) is 5.69 Å². The number of amides is 1. The normalized spacial score (nSPS) is 10.1. The standard InChI is InChI=1S/C18H20N2OS/c1-12-8-13(2)10-16(9-12)19-18(22)20-17(21)11-15-7-5-4-6-14(15)3/h4-10H,11H2,1-3H3,(H2,19,20,21,22). The number of carbonyl (C=O) groups is 1. The van der Waals surface area contributed by atoms with Gasteiger partial charge in [-0.25, -0.2) is 0 Å². The van der Waals surface area contributed by atoms with Crippen LogP contribution in [0.2, 0.25) is 0 Å². The maximum Gasteiger partial charge on any atom is 0.230 e.